The Balaban J connectivity index is 2.74. The van der Waals surface area contributed by atoms with Crippen molar-refractivity contribution >= 4 is 5.78 Å². The monoisotopic (exact) mass is 454 g/mol. The van der Waals surface area contributed by atoms with Gasteiger partial charge in [0.15, 0.2) is 5.78 Å². The van der Waals surface area contributed by atoms with Gasteiger partial charge in [-0.2, -0.15) is 52.7 Å². The van der Waals surface area contributed by atoms with Gasteiger partial charge in [-0.3, -0.25) is 4.79 Å². The zero-order chi connectivity index (χ0) is 23.3. The highest BCUT2D eigenvalue weighted by Gasteiger charge is 2.43. The van der Waals surface area contributed by atoms with Crippen molar-refractivity contribution in [2.24, 2.45) is 0 Å². The number of alkyl halides is 12. The molecule has 0 unspecified atom stereocenters. The summed E-state index contributed by atoms with van der Waals surface area (Å²) in [4.78, 5) is 12.3. The van der Waals surface area contributed by atoms with Gasteiger partial charge in [-0.25, -0.2) is 0 Å². The molecule has 0 radical (unpaired) electrons. The fraction of sp³-hybridized carbons (Fsp3) is 0.235. The minimum atomic E-state index is -5.57. The molecule has 0 atom stereocenters. The van der Waals surface area contributed by atoms with Gasteiger partial charge in [0.05, 0.1) is 22.3 Å². The van der Waals surface area contributed by atoms with E-state index in [0.717, 1.165) is 0 Å². The van der Waals surface area contributed by atoms with E-state index < -0.39 is 76.0 Å². The highest BCUT2D eigenvalue weighted by atomic mass is 19.4. The smallest absolute Gasteiger partial charge is 0.289 e. The Bertz CT molecular complexity index is 883. The summed E-state index contributed by atoms with van der Waals surface area (Å²) in [5.41, 5.74) is -11.2. The van der Waals surface area contributed by atoms with Gasteiger partial charge in [0.25, 0.3) is 0 Å². The number of halogens is 12. The summed E-state index contributed by atoms with van der Waals surface area (Å²) < 4.78 is 155. The highest BCUT2D eigenvalue weighted by molar-refractivity contribution is 6.11. The quantitative estimate of drug-likeness (QED) is 0.353. The summed E-state index contributed by atoms with van der Waals surface area (Å²) in [7, 11) is 0. The molecule has 0 N–H and O–H groups in total. The first kappa shape index (κ1) is 23.5. The second-order valence-electron chi connectivity index (χ2n) is 5.84. The van der Waals surface area contributed by atoms with Crippen LogP contribution in [-0.4, -0.2) is 5.78 Å². The van der Waals surface area contributed by atoms with Gasteiger partial charge in [-0.15, -0.1) is 0 Å². The molecule has 0 fully saturated rings. The number of benzene rings is 2. The van der Waals surface area contributed by atoms with E-state index in [9.17, 15) is 57.5 Å². The molecule has 13 heteroatoms. The lowest BCUT2D eigenvalue weighted by molar-refractivity contribution is -0.144. The Morgan fingerprint density at radius 2 is 0.800 bits per heavy atom. The van der Waals surface area contributed by atoms with Crippen molar-refractivity contribution in [3.05, 3.63) is 69.8 Å². The topological polar surface area (TPSA) is 17.1 Å². The second kappa shape index (κ2) is 7.20. The van der Waals surface area contributed by atoms with Gasteiger partial charge >= 0.3 is 24.7 Å². The maximum atomic E-state index is 13.2. The summed E-state index contributed by atoms with van der Waals surface area (Å²) in [6.45, 7) is 0. The standard InChI is InChI=1S/C17H6F12O/c18-14(19,20)7-1-3-9(11(5-7)16(24,25)26)13(30)10-4-2-8(15(21,22)23)6-12(10)17(27,28)29/h1-6H. The molecule has 0 heterocycles. The van der Waals surface area contributed by atoms with Crippen LogP contribution in [0.1, 0.15) is 38.2 Å². The number of carbonyl (C=O) groups excluding carboxylic acids is 1. The molecule has 0 bridgehead atoms. The molecule has 0 saturated carbocycles. The van der Waals surface area contributed by atoms with E-state index in [2.05, 4.69) is 0 Å². The average Bonchev–Trinajstić information content (AvgIpc) is 2.57. The van der Waals surface area contributed by atoms with Crippen LogP contribution in [0.5, 0.6) is 0 Å². The van der Waals surface area contributed by atoms with Crippen LogP contribution in [0, 0.1) is 0 Å². The fourth-order valence-electron chi connectivity index (χ4n) is 2.45. The van der Waals surface area contributed by atoms with Crippen molar-refractivity contribution in [2.75, 3.05) is 0 Å². The van der Waals surface area contributed by atoms with Crippen LogP contribution in [0.25, 0.3) is 0 Å². The van der Waals surface area contributed by atoms with E-state index in [1.54, 1.807) is 0 Å². The summed E-state index contributed by atoms with van der Waals surface area (Å²) in [6.07, 6.45) is -21.7. The predicted molar refractivity (Wildman–Crippen MR) is 76.3 cm³/mol. The summed E-state index contributed by atoms with van der Waals surface area (Å²) in [5.74, 6) is -2.04. The Morgan fingerprint density at radius 1 is 0.500 bits per heavy atom. The molecule has 0 aromatic heterocycles. The lowest BCUT2D eigenvalue weighted by atomic mass is 9.92. The first-order valence-electron chi connectivity index (χ1n) is 7.45. The molecule has 2 aromatic carbocycles. The van der Waals surface area contributed by atoms with Crippen LogP contribution >= 0.6 is 0 Å². The summed E-state index contributed by atoms with van der Waals surface area (Å²) >= 11 is 0. The molecule has 30 heavy (non-hydrogen) atoms. The van der Waals surface area contributed by atoms with Crippen LogP contribution in [0.15, 0.2) is 36.4 Å². The van der Waals surface area contributed by atoms with E-state index in [-0.39, 0.29) is 24.3 Å². The van der Waals surface area contributed by atoms with Gasteiger partial charge in [-0.1, -0.05) is 0 Å². The third-order valence-corrected chi connectivity index (χ3v) is 3.79. The van der Waals surface area contributed by atoms with E-state index in [1.165, 1.54) is 0 Å². The molecule has 0 saturated heterocycles. The van der Waals surface area contributed by atoms with E-state index in [0.29, 0.717) is 0 Å². The minimum Gasteiger partial charge on any atom is -0.289 e. The molecule has 2 rings (SSSR count). The van der Waals surface area contributed by atoms with E-state index in [1.807, 2.05) is 0 Å². The number of hydrogen-bond acceptors (Lipinski definition) is 1. The predicted octanol–water partition coefficient (Wildman–Crippen LogP) is 6.99. The fourth-order valence-corrected chi connectivity index (χ4v) is 2.45. The van der Waals surface area contributed by atoms with Crippen LogP contribution < -0.4 is 0 Å². The molecule has 0 aliphatic rings. The van der Waals surface area contributed by atoms with Gasteiger partial charge in [0.2, 0.25) is 0 Å². The molecule has 2 aromatic rings. The number of hydrogen-bond donors (Lipinski definition) is 0. The van der Waals surface area contributed by atoms with E-state index in [4.69, 9.17) is 0 Å². The molecule has 0 amide bonds. The van der Waals surface area contributed by atoms with Gasteiger partial charge in [0.1, 0.15) is 0 Å². The van der Waals surface area contributed by atoms with Gasteiger partial charge in [0, 0.05) is 11.1 Å². The lowest BCUT2D eigenvalue weighted by Crippen LogP contribution is -2.20. The summed E-state index contributed by atoms with van der Waals surface area (Å²) in [6, 6.07) is -0.813. The lowest BCUT2D eigenvalue weighted by Gasteiger charge is -2.18. The van der Waals surface area contributed by atoms with Crippen molar-refractivity contribution in [3.8, 4) is 0 Å². The molecular formula is C17H6F12O. The zero-order valence-electron chi connectivity index (χ0n) is 13.9. The first-order chi connectivity index (χ1) is 13.3. The Labute approximate surface area is 158 Å². The third-order valence-electron chi connectivity index (χ3n) is 3.79. The van der Waals surface area contributed by atoms with Crippen LogP contribution in [0.3, 0.4) is 0 Å². The molecule has 164 valence electrons. The van der Waals surface area contributed by atoms with E-state index >= 15 is 0 Å². The number of rotatable bonds is 2. The highest BCUT2D eigenvalue weighted by Crippen LogP contribution is 2.41. The normalized spacial score (nSPS) is 13.5. The number of ketones is 1. The maximum Gasteiger partial charge on any atom is 0.417 e. The largest absolute Gasteiger partial charge is 0.417 e. The van der Waals surface area contributed by atoms with Crippen LogP contribution in [-0.2, 0) is 24.7 Å². The summed E-state index contributed by atoms with van der Waals surface area (Å²) in [5, 5.41) is 0. The van der Waals surface area contributed by atoms with Gasteiger partial charge < -0.3 is 0 Å². The first-order valence-corrected chi connectivity index (χ1v) is 7.45. The minimum absolute atomic E-state index is 0.0196. The van der Waals surface area contributed by atoms with Crippen molar-refractivity contribution < 1.29 is 57.5 Å². The maximum absolute atomic E-state index is 13.2. The van der Waals surface area contributed by atoms with Crippen molar-refractivity contribution in [3.63, 3.8) is 0 Å². The molecule has 0 spiro atoms. The molecule has 0 aliphatic heterocycles. The Hall–Kier alpha value is -2.73. The van der Waals surface area contributed by atoms with Crippen molar-refractivity contribution in [1.82, 2.24) is 0 Å². The Morgan fingerprint density at radius 3 is 1.03 bits per heavy atom. The van der Waals surface area contributed by atoms with Gasteiger partial charge in [-0.05, 0) is 36.4 Å². The molecular weight excluding hydrogens is 448 g/mol. The second-order valence-corrected chi connectivity index (χ2v) is 5.84. The molecule has 0 aliphatic carbocycles. The average molecular weight is 454 g/mol. The molecule has 1 nitrogen and oxygen atoms in total. The van der Waals surface area contributed by atoms with Crippen molar-refractivity contribution in [1.29, 1.82) is 0 Å². The van der Waals surface area contributed by atoms with Crippen LogP contribution in [0.2, 0.25) is 0 Å². The third kappa shape index (κ3) is 4.87. The van der Waals surface area contributed by atoms with Crippen molar-refractivity contribution in [2.45, 2.75) is 24.7 Å². The van der Waals surface area contributed by atoms with Crippen LogP contribution in [0.4, 0.5) is 52.7 Å². The zero-order valence-corrected chi connectivity index (χ0v) is 13.9. The Kier molecular flexibility index (Phi) is 5.65. The SMILES string of the molecule is O=C(c1ccc(C(F)(F)F)cc1C(F)(F)F)c1ccc(C(F)(F)F)cc1C(F)(F)F. The number of carbonyl (C=O) groups is 1.